The summed E-state index contributed by atoms with van der Waals surface area (Å²) in [7, 11) is 1.52. The van der Waals surface area contributed by atoms with Gasteiger partial charge in [0.25, 0.3) is 11.8 Å². The zero-order chi connectivity index (χ0) is 21.3. The van der Waals surface area contributed by atoms with Gasteiger partial charge in [-0.15, -0.1) is 0 Å². The molecule has 3 rings (SSSR count). The van der Waals surface area contributed by atoms with E-state index in [0.717, 1.165) is 25.7 Å². The van der Waals surface area contributed by atoms with Crippen LogP contribution in [0.3, 0.4) is 0 Å². The molecule has 0 heterocycles. The van der Waals surface area contributed by atoms with Crippen LogP contribution in [-0.4, -0.2) is 31.6 Å². The average Bonchev–Trinajstić information content (AvgIpc) is 3.01. The van der Waals surface area contributed by atoms with E-state index in [2.05, 4.69) is 10.6 Å². The van der Waals surface area contributed by atoms with E-state index in [1.165, 1.54) is 20.0 Å². The number of carbonyl (C=O) groups is 2. The molecule has 6 nitrogen and oxygen atoms in total. The molecule has 2 aromatic rings. The molecule has 0 spiro atoms. The monoisotopic (exact) mass is 430 g/mol. The van der Waals surface area contributed by atoms with Gasteiger partial charge in [0, 0.05) is 11.7 Å². The minimum absolute atomic E-state index is 0.167. The van der Waals surface area contributed by atoms with E-state index in [9.17, 15) is 9.59 Å². The topological polar surface area (TPSA) is 76.7 Å². The highest BCUT2D eigenvalue weighted by Gasteiger charge is 2.19. The Labute approximate surface area is 181 Å². The third-order valence-corrected chi connectivity index (χ3v) is 5.41. The van der Waals surface area contributed by atoms with E-state index < -0.39 is 0 Å². The number of ether oxygens (including phenoxy) is 2. The molecule has 0 atom stereocenters. The molecule has 1 aliphatic carbocycles. The second-order valence-corrected chi connectivity index (χ2v) is 7.75. The van der Waals surface area contributed by atoms with Crippen molar-refractivity contribution in [3.63, 3.8) is 0 Å². The number of para-hydroxylation sites is 1. The Balaban J connectivity index is 1.58. The Kier molecular flexibility index (Phi) is 7.97. The van der Waals surface area contributed by atoms with Gasteiger partial charge in [-0.3, -0.25) is 9.59 Å². The van der Waals surface area contributed by atoms with Crippen molar-refractivity contribution in [1.29, 1.82) is 0 Å². The fourth-order valence-electron chi connectivity index (χ4n) is 3.55. The standard InChI is InChI=1S/C23H27ClN2O4/c1-29-21-13-12-17(14-19(21)24)25-22(27)15-30-20-11-7-6-10-18(20)23(28)26-16-8-4-2-3-5-9-16/h6-7,10-14,16H,2-5,8-9,15H2,1H3,(H,25,27)(H,26,28). The molecular weight excluding hydrogens is 404 g/mol. The van der Waals surface area contributed by atoms with Crippen molar-refractivity contribution in [1.82, 2.24) is 5.32 Å². The first-order valence-corrected chi connectivity index (χ1v) is 10.6. The Morgan fingerprint density at radius 1 is 1.03 bits per heavy atom. The predicted octanol–water partition coefficient (Wildman–Crippen LogP) is 4.82. The minimum Gasteiger partial charge on any atom is -0.495 e. The zero-order valence-corrected chi connectivity index (χ0v) is 17.8. The van der Waals surface area contributed by atoms with Crippen LogP contribution in [0.2, 0.25) is 5.02 Å². The van der Waals surface area contributed by atoms with Gasteiger partial charge in [-0.25, -0.2) is 0 Å². The fraction of sp³-hybridized carbons (Fsp3) is 0.391. The van der Waals surface area contributed by atoms with Crippen LogP contribution in [0.4, 0.5) is 5.69 Å². The van der Waals surface area contributed by atoms with Gasteiger partial charge in [-0.1, -0.05) is 49.4 Å². The van der Waals surface area contributed by atoms with E-state index >= 15 is 0 Å². The van der Waals surface area contributed by atoms with E-state index in [4.69, 9.17) is 21.1 Å². The van der Waals surface area contributed by atoms with Crippen LogP contribution in [0.25, 0.3) is 0 Å². The third kappa shape index (κ3) is 6.13. The number of carbonyl (C=O) groups excluding carboxylic acids is 2. The third-order valence-electron chi connectivity index (χ3n) is 5.12. The minimum atomic E-state index is -0.352. The molecule has 2 amide bonds. The van der Waals surface area contributed by atoms with Gasteiger partial charge in [0.1, 0.15) is 11.5 Å². The Morgan fingerprint density at radius 2 is 1.77 bits per heavy atom. The number of hydrogen-bond donors (Lipinski definition) is 2. The molecule has 30 heavy (non-hydrogen) atoms. The molecule has 160 valence electrons. The van der Waals surface area contributed by atoms with Gasteiger partial charge in [-0.2, -0.15) is 0 Å². The molecule has 1 saturated carbocycles. The van der Waals surface area contributed by atoms with Crippen molar-refractivity contribution < 1.29 is 19.1 Å². The molecule has 0 aliphatic heterocycles. The van der Waals surface area contributed by atoms with Crippen LogP contribution in [0.5, 0.6) is 11.5 Å². The lowest BCUT2D eigenvalue weighted by molar-refractivity contribution is -0.118. The summed E-state index contributed by atoms with van der Waals surface area (Å²) in [6.45, 7) is -0.225. The molecule has 0 saturated heterocycles. The highest BCUT2D eigenvalue weighted by Crippen LogP contribution is 2.27. The Hall–Kier alpha value is -2.73. The maximum absolute atomic E-state index is 12.8. The zero-order valence-electron chi connectivity index (χ0n) is 17.1. The lowest BCUT2D eigenvalue weighted by Gasteiger charge is -2.18. The molecule has 0 unspecified atom stereocenters. The van der Waals surface area contributed by atoms with Crippen LogP contribution >= 0.6 is 11.6 Å². The van der Waals surface area contributed by atoms with Crippen LogP contribution in [0.1, 0.15) is 48.9 Å². The van der Waals surface area contributed by atoms with Gasteiger partial charge in [0.15, 0.2) is 6.61 Å². The highest BCUT2D eigenvalue weighted by molar-refractivity contribution is 6.32. The largest absolute Gasteiger partial charge is 0.495 e. The summed E-state index contributed by atoms with van der Waals surface area (Å²) in [4.78, 5) is 25.0. The van der Waals surface area contributed by atoms with Crippen molar-refractivity contribution in [3.05, 3.63) is 53.1 Å². The van der Waals surface area contributed by atoms with E-state index in [1.54, 1.807) is 42.5 Å². The number of anilines is 1. The van der Waals surface area contributed by atoms with Crippen LogP contribution in [0.15, 0.2) is 42.5 Å². The summed E-state index contributed by atoms with van der Waals surface area (Å²) in [5.74, 6) is 0.390. The van der Waals surface area contributed by atoms with Gasteiger partial charge in [0.05, 0.1) is 17.7 Å². The van der Waals surface area contributed by atoms with Gasteiger partial charge in [0.2, 0.25) is 0 Å². The van der Waals surface area contributed by atoms with Crippen LogP contribution in [0, 0.1) is 0 Å². The lowest BCUT2D eigenvalue weighted by Crippen LogP contribution is -2.34. The summed E-state index contributed by atoms with van der Waals surface area (Å²) in [6.07, 6.45) is 6.72. The molecule has 0 bridgehead atoms. The summed E-state index contributed by atoms with van der Waals surface area (Å²) < 4.78 is 10.8. The Morgan fingerprint density at radius 3 is 2.47 bits per heavy atom. The van der Waals surface area contributed by atoms with Crippen molar-refractivity contribution in [2.24, 2.45) is 0 Å². The molecule has 0 radical (unpaired) electrons. The second-order valence-electron chi connectivity index (χ2n) is 7.34. The lowest BCUT2D eigenvalue weighted by atomic mass is 10.1. The van der Waals surface area contributed by atoms with Gasteiger partial charge < -0.3 is 20.1 Å². The van der Waals surface area contributed by atoms with Crippen LogP contribution in [-0.2, 0) is 4.79 Å². The maximum atomic E-state index is 12.8. The van der Waals surface area contributed by atoms with Crippen molar-refractivity contribution >= 4 is 29.1 Å². The van der Waals surface area contributed by atoms with E-state index in [1.807, 2.05) is 0 Å². The van der Waals surface area contributed by atoms with Crippen LogP contribution < -0.4 is 20.1 Å². The number of rotatable bonds is 7. The number of methoxy groups -OCH3 is 1. The first-order chi connectivity index (χ1) is 14.6. The average molecular weight is 431 g/mol. The van der Waals surface area contributed by atoms with E-state index in [0.29, 0.717) is 27.8 Å². The van der Waals surface area contributed by atoms with Gasteiger partial charge >= 0.3 is 0 Å². The van der Waals surface area contributed by atoms with Crippen molar-refractivity contribution in [3.8, 4) is 11.5 Å². The predicted molar refractivity (Wildman–Crippen MR) is 118 cm³/mol. The second kappa shape index (κ2) is 10.9. The first-order valence-electron chi connectivity index (χ1n) is 10.2. The number of amides is 2. The molecule has 1 aliphatic rings. The number of hydrogen-bond acceptors (Lipinski definition) is 4. The number of nitrogens with one attached hydrogen (secondary N) is 2. The normalized spacial score (nSPS) is 14.5. The molecule has 2 N–H and O–H groups in total. The van der Waals surface area contributed by atoms with Gasteiger partial charge in [-0.05, 0) is 43.2 Å². The molecular formula is C23H27ClN2O4. The summed E-state index contributed by atoms with van der Waals surface area (Å²) >= 11 is 6.08. The first kappa shape index (κ1) is 22.0. The quantitative estimate of drug-likeness (QED) is 0.617. The van der Waals surface area contributed by atoms with E-state index in [-0.39, 0.29) is 24.5 Å². The smallest absolute Gasteiger partial charge is 0.262 e. The Bertz CT molecular complexity index is 879. The summed E-state index contributed by atoms with van der Waals surface area (Å²) in [5.41, 5.74) is 0.968. The molecule has 1 fully saturated rings. The molecule has 0 aromatic heterocycles. The van der Waals surface area contributed by atoms with Crippen molar-refractivity contribution in [2.75, 3.05) is 19.0 Å². The highest BCUT2D eigenvalue weighted by atomic mass is 35.5. The number of halogens is 1. The summed E-state index contributed by atoms with van der Waals surface area (Å²) in [6, 6.07) is 12.1. The molecule has 7 heteroatoms. The fourth-order valence-corrected chi connectivity index (χ4v) is 3.81. The summed E-state index contributed by atoms with van der Waals surface area (Å²) in [5, 5.41) is 6.23. The number of benzene rings is 2. The maximum Gasteiger partial charge on any atom is 0.262 e. The van der Waals surface area contributed by atoms with Crippen molar-refractivity contribution in [2.45, 2.75) is 44.6 Å². The molecule has 2 aromatic carbocycles. The SMILES string of the molecule is COc1ccc(NC(=O)COc2ccccc2C(=O)NC2CCCCCC2)cc1Cl.